The van der Waals surface area contributed by atoms with Crippen LogP contribution in [0.1, 0.15) is 39.5 Å². The summed E-state index contributed by atoms with van der Waals surface area (Å²) < 4.78 is 6.68. The van der Waals surface area contributed by atoms with Gasteiger partial charge in [0.15, 0.2) is 11.6 Å². The van der Waals surface area contributed by atoms with Crippen LogP contribution in [0.5, 0.6) is 5.75 Å². The number of methoxy groups -OCH3 is 1. The van der Waals surface area contributed by atoms with Gasteiger partial charge in [-0.25, -0.2) is 4.68 Å². The fourth-order valence-corrected chi connectivity index (χ4v) is 4.48. The average Bonchev–Trinajstić information content (AvgIpc) is 3.01. The van der Waals surface area contributed by atoms with E-state index in [9.17, 15) is 4.79 Å². The molecule has 0 unspecified atom stereocenters. The molecule has 0 radical (unpaired) electrons. The highest BCUT2D eigenvalue weighted by molar-refractivity contribution is 7.98. The Hall–Kier alpha value is -2.80. The van der Waals surface area contributed by atoms with Crippen LogP contribution < -0.4 is 10.6 Å². The fourth-order valence-electron chi connectivity index (χ4n) is 3.44. The summed E-state index contributed by atoms with van der Waals surface area (Å²) in [6.07, 6.45) is 0. The highest BCUT2D eigenvalue weighted by Gasteiger charge is 2.17. The van der Waals surface area contributed by atoms with Crippen molar-refractivity contribution in [2.45, 2.75) is 38.6 Å². The van der Waals surface area contributed by atoms with Gasteiger partial charge in [0, 0.05) is 16.9 Å². The van der Waals surface area contributed by atoms with Crippen LogP contribution in [-0.2, 0) is 5.75 Å². The third-order valence-corrected chi connectivity index (χ3v) is 5.81. The molecular weight excluding hydrogens is 372 g/mol. The lowest BCUT2D eigenvalue weighted by atomic mass is 9.92. The maximum atomic E-state index is 12.0. The third kappa shape index (κ3) is 3.75. The fraction of sp³-hybridized carbons (Fsp3) is 0.286. The Labute approximate surface area is 169 Å². The normalized spacial score (nSPS) is 10.9. The van der Waals surface area contributed by atoms with Gasteiger partial charge in [-0.1, -0.05) is 17.8 Å². The van der Waals surface area contributed by atoms with Gasteiger partial charge >= 0.3 is 0 Å². The highest BCUT2D eigenvalue weighted by atomic mass is 32.2. The average molecular weight is 397 g/mol. The molecule has 0 bridgehead atoms. The number of ketones is 1. The Kier molecular flexibility index (Phi) is 5.74. The largest absolute Gasteiger partial charge is 0.497 e. The van der Waals surface area contributed by atoms with E-state index in [0.717, 1.165) is 39.1 Å². The summed E-state index contributed by atoms with van der Waals surface area (Å²) in [6.45, 7) is 7.66. The maximum Gasteiger partial charge on any atom is 0.210 e. The molecular formula is C21H24N4O2S. The van der Waals surface area contributed by atoms with Crippen LogP contribution >= 0.6 is 11.8 Å². The zero-order chi connectivity index (χ0) is 20.4. The van der Waals surface area contributed by atoms with Crippen molar-refractivity contribution in [3.8, 4) is 17.1 Å². The van der Waals surface area contributed by atoms with E-state index < -0.39 is 0 Å². The van der Waals surface area contributed by atoms with Gasteiger partial charge in [0.25, 0.3) is 0 Å². The van der Waals surface area contributed by atoms with Crippen LogP contribution in [0.4, 0.5) is 0 Å². The van der Waals surface area contributed by atoms with Crippen LogP contribution in [0.15, 0.2) is 35.5 Å². The molecule has 0 amide bonds. The summed E-state index contributed by atoms with van der Waals surface area (Å²) in [5, 5.41) is 9.09. The van der Waals surface area contributed by atoms with Crippen LogP contribution in [0.25, 0.3) is 11.4 Å². The molecule has 7 heteroatoms. The second-order valence-electron chi connectivity index (χ2n) is 6.74. The molecule has 2 aromatic carbocycles. The first-order chi connectivity index (χ1) is 13.3. The summed E-state index contributed by atoms with van der Waals surface area (Å²) in [4.78, 5) is 12.0. The van der Waals surface area contributed by atoms with E-state index >= 15 is 0 Å². The first kappa shape index (κ1) is 19.9. The number of carbonyl (C=O) groups is 1. The standard InChI is InChI=1S/C21H24N4O2S/c1-12-10-13(2)19(15(4)26)14(3)18(12)11-28-21-24-23-20(25(21)22)16-6-8-17(27-5)9-7-16/h6-10H,11,22H2,1-5H3. The minimum Gasteiger partial charge on any atom is -0.497 e. The van der Waals surface area contributed by atoms with Gasteiger partial charge in [-0.2, -0.15) is 0 Å². The predicted molar refractivity (Wildman–Crippen MR) is 112 cm³/mol. The third-order valence-electron chi connectivity index (χ3n) is 4.84. The molecule has 0 aliphatic carbocycles. The molecule has 0 fully saturated rings. The predicted octanol–water partition coefficient (Wildman–Crippen LogP) is 4.09. The quantitative estimate of drug-likeness (QED) is 0.384. The molecule has 2 N–H and O–H groups in total. The highest BCUT2D eigenvalue weighted by Crippen LogP contribution is 2.30. The van der Waals surface area contributed by atoms with E-state index in [4.69, 9.17) is 10.6 Å². The van der Waals surface area contributed by atoms with E-state index in [1.165, 1.54) is 16.4 Å². The van der Waals surface area contributed by atoms with E-state index in [0.29, 0.717) is 16.7 Å². The summed E-state index contributed by atoms with van der Waals surface area (Å²) in [5.41, 5.74) is 6.00. The number of benzene rings is 2. The molecule has 6 nitrogen and oxygen atoms in total. The van der Waals surface area contributed by atoms with Crippen molar-refractivity contribution in [1.29, 1.82) is 0 Å². The van der Waals surface area contributed by atoms with Gasteiger partial charge < -0.3 is 10.6 Å². The number of aryl methyl sites for hydroxylation is 2. The lowest BCUT2D eigenvalue weighted by Crippen LogP contribution is -2.12. The van der Waals surface area contributed by atoms with Crippen LogP contribution in [0.3, 0.4) is 0 Å². The van der Waals surface area contributed by atoms with Gasteiger partial charge in [-0.3, -0.25) is 4.79 Å². The van der Waals surface area contributed by atoms with Crippen molar-refractivity contribution in [2.24, 2.45) is 0 Å². The number of aromatic nitrogens is 3. The van der Waals surface area contributed by atoms with E-state index in [1.807, 2.05) is 38.1 Å². The maximum absolute atomic E-state index is 12.0. The molecule has 3 aromatic rings. The second-order valence-corrected chi connectivity index (χ2v) is 7.68. The monoisotopic (exact) mass is 396 g/mol. The number of thioether (sulfide) groups is 1. The SMILES string of the molecule is COc1ccc(-c2nnc(SCc3c(C)cc(C)c(C(C)=O)c3C)n2N)cc1. The summed E-state index contributed by atoms with van der Waals surface area (Å²) in [5.74, 6) is 8.35. The zero-order valence-corrected chi connectivity index (χ0v) is 17.6. The molecule has 146 valence electrons. The molecule has 3 rings (SSSR count). The second kappa shape index (κ2) is 8.06. The molecule has 0 atom stereocenters. The number of rotatable bonds is 6. The van der Waals surface area contributed by atoms with Crippen LogP contribution in [-0.4, -0.2) is 27.8 Å². The number of hydrogen-bond donors (Lipinski definition) is 1. The van der Waals surface area contributed by atoms with Crippen molar-refractivity contribution in [3.05, 3.63) is 58.1 Å². The van der Waals surface area contributed by atoms with Crippen LogP contribution in [0, 0.1) is 20.8 Å². The number of Topliss-reactive ketones (excluding diaryl/α,β-unsaturated/α-hetero) is 1. The summed E-state index contributed by atoms with van der Waals surface area (Å²) in [7, 11) is 1.63. The van der Waals surface area contributed by atoms with Crippen molar-refractivity contribution in [1.82, 2.24) is 14.9 Å². The molecule has 0 spiro atoms. The lowest BCUT2D eigenvalue weighted by Gasteiger charge is -2.15. The topological polar surface area (TPSA) is 83.0 Å². The number of hydrogen-bond acceptors (Lipinski definition) is 6. The molecule has 28 heavy (non-hydrogen) atoms. The first-order valence-electron chi connectivity index (χ1n) is 8.91. The zero-order valence-electron chi connectivity index (χ0n) is 16.7. The van der Waals surface area contributed by atoms with Gasteiger partial charge in [-0.15, -0.1) is 10.2 Å². The number of nitrogen functional groups attached to an aromatic ring is 1. The smallest absolute Gasteiger partial charge is 0.210 e. The molecule has 0 aliphatic heterocycles. The molecule has 0 saturated heterocycles. The van der Waals surface area contributed by atoms with E-state index in [1.54, 1.807) is 14.0 Å². The van der Waals surface area contributed by atoms with Gasteiger partial charge in [0.05, 0.1) is 7.11 Å². The Morgan fingerprint density at radius 1 is 1.14 bits per heavy atom. The first-order valence-corrected chi connectivity index (χ1v) is 9.90. The van der Waals surface area contributed by atoms with E-state index in [-0.39, 0.29) is 5.78 Å². The van der Waals surface area contributed by atoms with Crippen molar-refractivity contribution in [3.63, 3.8) is 0 Å². The van der Waals surface area contributed by atoms with Gasteiger partial charge in [0.1, 0.15) is 5.75 Å². The molecule has 1 heterocycles. The summed E-state index contributed by atoms with van der Waals surface area (Å²) >= 11 is 1.51. The Bertz CT molecular complexity index is 1030. The van der Waals surface area contributed by atoms with Crippen molar-refractivity contribution < 1.29 is 9.53 Å². The van der Waals surface area contributed by atoms with Crippen molar-refractivity contribution >= 4 is 17.5 Å². The van der Waals surface area contributed by atoms with Crippen LogP contribution in [0.2, 0.25) is 0 Å². The van der Waals surface area contributed by atoms with Crippen molar-refractivity contribution in [2.75, 3.05) is 13.0 Å². The molecule has 0 saturated carbocycles. The lowest BCUT2D eigenvalue weighted by molar-refractivity contribution is 0.101. The number of nitrogens with zero attached hydrogens (tertiary/aromatic N) is 3. The molecule has 0 aliphatic rings. The number of carbonyl (C=O) groups excluding carboxylic acids is 1. The number of nitrogens with two attached hydrogens (primary N) is 1. The van der Waals surface area contributed by atoms with Gasteiger partial charge in [0.2, 0.25) is 5.16 Å². The minimum atomic E-state index is 0.0880. The van der Waals surface area contributed by atoms with Gasteiger partial charge in [-0.05, 0) is 74.2 Å². The minimum absolute atomic E-state index is 0.0880. The number of ether oxygens (including phenoxy) is 1. The van der Waals surface area contributed by atoms with E-state index in [2.05, 4.69) is 23.2 Å². The molecule has 1 aromatic heterocycles. The Morgan fingerprint density at radius 3 is 2.43 bits per heavy atom. The Morgan fingerprint density at radius 2 is 1.82 bits per heavy atom. The Balaban J connectivity index is 1.85. The summed E-state index contributed by atoms with van der Waals surface area (Å²) in [6, 6.07) is 9.58.